The van der Waals surface area contributed by atoms with Crippen molar-refractivity contribution in [1.82, 2.24) is 0 Å². The standard InChI is InChI=1S/2Al.BO3.O3Si.H2O/c;;2-1(3)4;1-4(2)3;/h;;;;1H2/q2*+3;-3;-2;/p-1. The fourth-order valence-corrected chi connectivity index (χ4v) is 0. The van der Waals surface area contributed by atoms with Gasteiger partial charge in [0, 0.05) is 9.17 Å². The predicted octanol–water partition coefficient (Wildman–Crippen LogP) is -7.76. The first-order valence-corrected chi connectivity index (χ1v) is 2.54. The Labute approximate surface area is 86.0 Å². The molecule has 56 valence electrons. The van der Waals surface area contributed by atoms with Crippen LogP contribution in [0.4, 0.5) is 0 Å². The summed E-state index contributed by atoms with van der Waals surface area (Å²) in [5, 5.41) is 25.2. The van der Waals surface area contributed by atoms with Gasteiger partial charge in [0.2, 0.25) is 0 Å². The monoisotopic (exact) mass is 206 g/mol. The van der Waals surface area contributed by atoms with Gasteiger partial charge in [-0.2, -0.15) is 0 Å². The summed E-state index contributed by atoms with van der Waals surface area (Å²) in [6.07, 6.45) is 0. The maximum atomic E-state index is 8.52. The van der Waals surface area contributed by atoms with Crippen LogP contribution in [0.2, 0.25) is 0 Å². The largest absolute Gasteiger partial charge is 3.00 e. The van der Waals surface area contributed by atoms with Crippen molar-refractivity contribution in [2.45, 2.75) is 0 Å². The minimum atomic E-state index is -3.63. The third-order valence-corrected chi connectivity index (χ3v) is 0. The fourth-order valence-electron chi connectivity index (χ4n) is 0. The molecule has 0 saturated carbocycles. The summed E-state index contributed by atoms with van der Waals surface area (Å²) in [5.74, 6) is 0. The topological polar surface area (TPSA) is 162 Å². The minimum absolute atomic E-state index is 0. The molecule has 0 unspecified atom stereocenters. The zero-order chi connectivity index (χ0) is 7.15. The van der Waals surface area contributed by atoms with Crippen molar-refractivity contribution in [2.75, 3.05) is 0 Å². The van der Waals surface area contributed by atoms with E-state index < -0.39 is 16.5 Å². The Balaban J connectivity index is -0.0000000171. The molecule has 0 aliphatic rings. The van der Waals surface area contributed by atoms with E-state index in [4.69, 9.17) is 29.1 Å². The molecule has 1 N–H and O–H groups in total. The smallest absolute Gasteiger partial charge is 0.907 e. The summed E-state index contributed by atoms with van der Waals surface area (Å²) < 4.78 is 8.52. The van der Waals surface area contributed by atoms with Gasteiger partial charge in [-0.15, -0.1) is 0 Å². The van der Waals surface area contributed by atoms with Gasteiger partial charge in [-0.05, 0) is 0 Å². The Morgan fingerprint density at radius 3 is 1.00 bits per heavy atom. The van der Waals surface area contributed by atoms with Gasteiger partial charge in [-0.3, -0.25) is 7.32 Å². The molecule has 0 saturated heterocycles. The molecule has 0 heterocycles. The fraction of sp³-hybridized carbons (Fsp3) is 0. The summed E-state index contributed by atoms with van der Waals surface area (Å²) in [6, 6.07) is 0. The van der Waals surface area contributed by atoms with Crippen LogP contribution in [-0.4, -0.2) is 56.7 Å². The van der Waals surface area contributed by atoms with Gasteiger partial charge < -0.3 is 34.6 Å². The van der Waals surface area contributed by atoms with Crippen molar-refractivity contribution in [3.05, 3.63) is 0 Å². The maximum absolute atomic E-state index is 8.52. The van der Waals surface area contributed by atoms with Crippen LogP contribution in [0.1, 0.15) is 0 Å². The third-order valence-electron chi connectivity index (χ3n) is 0. The van der Waals surface area contributed by atoms with Gasteiger partial charge in [0.1, 0.15) is 0 Å². The Morgan fingerprint density at radius 2 is 1.00 bits per heavy atom. The van der Waals surface area contributed by atoms with E-state index in [2.05, 4.69) is 0 Å². The van der Waals surface area contributed by atoms with Crippen molar-refractivity contribution in [1.29, 1.82) is 0 Å². The van der Waals surface area contributed by atoms with Crippen molar-refractivity contribution < 1.29 is 34.6 Å². The van der Waals surface area contributed by atoms with Crippen LogP contribution < -0.4 is 24.7 Å². The Hall–Kier alpha value is 0.587. The van der Waals surface area contributed by atoms with Gasteiger partial charge in [-0.1, -0.05) is 0 Å². The van der Waals surface area contributed by atoms with E-state index in [1.54, 1.807) is 0 Å². The summed E-state index contributed by atoms with van der Waals surface area (Å²) in [6.45, 7) is 0. The van der Waals surface area contributed by atoms with E-state index in [1.807, 2.05) is 0 Å². The van der Waals surface area contributed by atoms with Gasteiger partial charge in [0.15, 0.2) is 0 Å². The first-order chi connectivity index (χ1) is 3.46. The molecule has 0 fully saturated rings. The normalized spacial score (nSPS) is 4.64. The molecule has 11 heavy (non-hydrogen) atoms. The maximum Gasteiger partial charge on any atom is 3.00 e. The minimum Gasteiger partial charge on any atom is -0.907 e. The Kier molecular flexibility index (Phi) is 61.0. The van der Waals surface area contributed by atoms with E-state index in [0.29, 0.717) is 0 Å². The molecule has 7 nitrogen and oxygen atoms in total. The third kappa shape index (κ3) is 2270. The molecule has 0 aromatic carbocycles. The van der Waals surface area contributed by atoms with Crippen LogP contribution in [0.3, 0.4) is 0 Å². The Bertz CT molecular complexity index is 60.7. The molecular weight excluding hydrogens is 205 g/mol. The molecule has 11 heteroatoms. The van der Waals surface area contributed by atoms with Gasteiger partial charge in [0.05, 0.1) is 0 Å². The quantitative estimate of drug-likeness (QED) is 0.355. The first-order valence-electron chi connectivity index (χ1n) is 1.32. The van der Waals surface area contributed by atoms with Gasteiger partial charge in [0.25, 0.3) is 0 Å². The van der Waals surface area contributed by atoms with Crippen LogP contribution in [-0.2, 0) is 4.46 Å². The zero-order valence-corrected chi connectivity index (χ0v) is 8.44. The number of hydrogen-bond donors (Lipinski definition) is 0. The van der Waals surface area contributed by atoms with Crippen LogP contribution in [0.5, 0.6) is 0 Å². The average molecular weight is 206 g/mol. The first kappa shape index (κ1) is 29.9. The molecule has 0 aliphatic carbocycles. The molecular formula is HAl2BO7Si. The van der Waals surface area contributed by atoms with E-state index >= 15 is 0 Å². The summed E-state index contributed by atoms with van der Waals surface area (Å²) in [5.41, 5.74) is 0. The summed E-state index contributed by atoms with van der Waals surface area (Å²) >= 11 is 0. The van der Waals surface area contributed by atoms with E-state index in [-0.39, 0.29) is 40.2 Å². The van der Waals surface area contributed by atoms with Gasteiger partial charge >= 0.3 is 34.7 Å². The van der Waals surface area contributed by atoms with Crippen LogP contribution >= 0.6 is 0 Å². The zero-order valence-electron chi connectivity index (χ0n) is 5.13. The molecule has 0 rings (SSSR count). The van der Waals surface area contributed by atoms with Crippen molar-refractivity contribution >= 4 is 51.2 Å². The number of rotatable bonds is 0. The molecule has 0 radical (unpaired) electrons. The second kappa shape index (κ2) is 22.4. The average Bonchev–Trinajstić information content (AvgIpc) is 1.25. The second-order valence-electron chi connectivity index (χ2n) is 0.539. The van der Waals surface area contributed by atoms with Crippen LogP contribution in [0.25, 0.3) is 0 Å². The van der Waals surface area contributed by atoms with Crippen molar-refractivity contribution in [2.24, 2.45) is 0 Å². The van der Waals surface area contributed by atoms with E-state index in [9.17, 15) is 0 Å². The van der Waals surface area contributed by atoms with Crippen LogP contribution in [0.15, 0.2) is 0 Å². The molecule has 0 aromatic rings. The predicted molar refractivity (Wildman–Crippen MR) is 25.6 cm³/mol. The molecule has 0 atom stereocenters. The SMILES string of the molecule is O=[Si]([O-])[O-].[Al+3].[Al+3].[O-]B([O-])[O-].[OH-]. The van der Waals surface area contributed by atoms with E-state index in [1.165, 1.54) is 0 Å². The summed E-state index contributed by atoms with van der Waals surface area (Å²) in [7, 11) is -6.55. The van der Waals surface area contributed by atoms with Crippen LogP contribution in [0, 0.1) is 0 Å². The molecule has 0 spiro atoms. The summed E-state index contributed by atoms with van der Waals surface area (Å²) in [4.78, 5) is 17.0. The molecule has 0 amide bonds. The molecule has 0 aliphatic heterocycles. The molecule has 0 bridgehead atoms. The van der Waals surface area contributed by atoms with Crippen molar-refractivity contribution in [3.8, 4) is 0 Å². The molecule has 0 aromatic heterocycles. The second-order valence-corrected chi connectivity index (χ2v) is 1.04. The Morgan fingerprint density at radius 1 is 1.00 bits per heavy atom. The van der Waals surface area contributed by atoms with E-state index in [0.717, 1.165) is 0 Å². The van der Waals surface area contributed by atoms with Gasteiger partial charge in [-0.25, -0.2) is 0 Å². The van der Waals surface area contributed by atoms with Crippen molar-refractivity contribution in [3.63, 3.8) is 0 Å². The number of hydrogen-bond acceptors (Lipinski definition) is 7.